The Balaban J connectivity index is 1.61. The molecule has 8 nitrogen and oxygen atoms in total. The molecule has 0 bridgehead atoms. The summed E-state index contributed by atoms with van der Waals surface area (Å²) in [5, 5.41) is 4.49. The summed E-state index contributed by atoms with van der Waals surface area (Å²) in [5.41, 5.74) is 5.43. The number of hydrogen-bond acceptors (Lipinski definition) is 7. The van der Waals surface area contributed by atoms with Gasteiger partial charge in [-0.2, -0.15) is 11.8 Å². The second kappa shape index (κ2) is 13.0. The molecule has 1 aliphatic carbocycles. The van der Waals surface area contributed by atoms with Gasteiger partial charge in [-0.15, -0.1) is 0 Å². The smallest absolute Gasteiger partial charge is 0.330 e. The molecule has 1 unspecified atom stereocenters. The van der Waals surface area contributed by atoms with Crippen LogP contribution >= 0.6 is 11.8 Å². The first-order chi connectivity index (χ1) is 16.0. The van der Waals surface area contributed by atoms with Crippen molar-refractivity contribution in [1.82, 2.24) is 20.7 Å². The maximum atomic E-state index is 13.1. The van der Waals surface area contributed by atoms with E-state index in [1.165, 1.54) is 30.5 Å². The Morgan fingerprint density at radius 3 is 2.64 bits per heavy atom. The average molecular weight is 477 g/mol. The van der Waals surface area contributed by atoms with Crippen molar-refractivity contribution >= 4 is 29.5 Å². The molecule has 2 fully saturated rings. The number of hydrogen-bond donors (Lipinski definition) is 2. The van der Waals surface area contributed by atoms with Crippen molar-refractivity contribution in [2.45, 2.75) is 50.6 Å². The van der Waals surface area contributed by atoms with E-state index in [0.717, 1.165) is 31.5 Å². The fourth-order valence-electron chi connectivity index (χ4n) is 4.09. The van der Waals surface area contributed by atoms with E-state index in [-0.39, 0.29) is 24.9 Å². The van der Waals surface area contributed by atoms with Gasteiger partial charge in [0.2, 0.25) is 5.91 Å². The van der Waals surface area contributed by atoms with Crippen LogP contribution in [0, 0.1) is 0 Å². The summed E-state index contributed by atoms with van der Waals surface area (Å²) in [6, 6.07) is 7.66. The molecule has 9 heteroatoms. The lowest BCUT2D eigenvalue weighted by atomic mass is 10.1. The molecule has 1 saturated carbocycles. The van der Waals surface area contributed by atoms with Gasteiger partial charge >= 0.3 is 5.97 Å². The molecule has 2 N–H and O–H groups in total. The Morgan fingerprint density at radius 1 is 1.21 bits per heavy atom. The second-order valence-corrected chi connectivity index (χ2v) is 9.62. The predicted octanol–water partition coefficient (Wildman–Crippen LogP) is 1.90. The maximum Gasteiger partial charge on any atom is 0.330 e. The first kappa shape index (κ1) is 25.5. The lowest BCUT2D eigenvalue weighted by Gasteiger charge is -2.31. The standard InChI is InChI=1S/C24H36N4O4S/c1-32-24(31)21(10-13-33-2)28(26-17-22(29)27-11-3-4-12-27)23(30)16-25-15-18-6-5-7-20(14-18)19-8-9-19/h5-7,14,19,21,25-26H,3-4,8-13,15-17H2,1-2H3. The average Bonchev–Trinajstić information content (AvgIpc) is 3.54. The summed E-state index contributed by atoms with van der Waals surface area (Å²) in [5.74, 6) is 0.516. The number of carbonyl (C=O) groups is 3. The summed E-state index contributed by atoms with van der Waals surface area (Å²) in [6.45, 7) is 2.06. The Kier molecular flexibility index (Phi) is 10.0. The van der Waals surface area contributed by atoms with E-state index in [1.807, 2.05) is 12.3 Å². The number of methoxy groups -OCH3 is 1. The van der Waals surface area contributed by atoms with Gasteiger partial charge < -0.3 is 15.0 Å². The van der Waals surface area contributed by atoms with Gasteiger partial charge in [0.15, 0.2) is 0 Å². The van der Waals surface area contributed by atoms with Gasteiger partial charge in [-0.1, -0.05) is 24.3 Å². The first-order valence-electron chi connectivity index (χ1n) is 11.7. The van der Waals surface area contributed by atoms with Crippen molar-refractivity contribution in [1.29, 1.82) is 0 Å². The number of benzene rings is 1. The van der Waals surface area contributed by atoms with Crippen molar-refractivity contribution in [2.75, 3.05) is 45.3 Å². The van der Waals surface area contributed by atoms with Crippen LogP contribution in [0.5, 0.6) is 0 Å². The van der Waals surface area contributed by atoms with Crippen LogP contribution in [-0.2, 0) is 25.7 Å². The number of carbonyl (C=O) groups excluding carboxylic acids is 3. The molecular weight excluding hydrogens is 440 g/mol. The van der Waals surface area contributed by atoms with Crippen LogP contribution in [0.15, 0.2) is 24.3 Å². The van der Waals surface area contributed by atoms with Crippen molar-refractivity contribution in [3.8, 4) is 0 Å². The van der Waals surface area contributed by atoms with Gasteiger partial charge in [0, 0.05) is 19.6 Å². The highest BCUT2D eigenvalue weighted by molar-refractivity contribution is 7.98. The number of hydrazine groups is 1. The number of esters is 1. The van der Waals surface area contributed by atoms with Crippen LogP contribution in [0.2, 0.25) is 0 Å². The zero-order valence-corrected chi connectivity index (χ0v) is 20.5. The molecule has 1 aromatic rings. The molecule has 0 radical (unpaired) electrons. The summed E-state index contributed by atoms with van der Waals surface area (Å²) < 4.78 is 4.96. The summed E-state index contributed by atoms with van der Waals surface area (Å²) in [4.78, 5) is 39.9. The summed E-state index contributed by atoms with van der Waals surface area (Å²) in [7, 11) is 1.32. The zero-order chi connectivity index (χ0) is 23.6. The van der Waals surface area contributed by atoms with Gasteiger partial charge in [0.05, 0.1) is 20.2 Å². The van der Waals surface area contributed by atoms with Gasteiger partial charge in [-0.05, 0) is 61.2 Å². The lowest BCUT2D eigenvalue weighted by Crippen LogP contribution is -2.57. The van der Waals surface area contributed by atoms with Crippen LogP contribution in [-0.4, -0.2) is 79.0 Å². The largest absolute Gasteiger partial charge is 0.467 e. The third-order valence-electron chi connectivity index (χ3n) is 6.11. The van der Waals surface area contributed by atoms with E-state index >= 15 is 0 Å². The van der Waals surface area contributed by atoms with Crippen LogP contribution in [0.25, 0.3) is 0 Å². The quantitative estimate of drug-likeness (QED) is 0.332. The topological polar surface area (TPSA) is 91.0 Å². The lowest BCUT2D eigenvalue weighted by molar-refractivity contribution is -0.156. The minimum Gasteiger partial charge on any atom is -0.467 e. The number of ether oxygens (including phenoxy) is 1. The van der Waals surface area contributed by atoms with Gasteiger partial charge in [-0.25, -0.2) is 10.2 Å². The van der Waals surface area contributed by atoms with Crippen LogP contribution < -0.4 is 10.7 Å². The molecule has 3 rings (SSSR count). The molecule has 2 amide bonds. The Bertz CT molecular complexity index is 811. The number of nitrogens with zero attached hydrogens (tertiary/aromatic N) is 2. The fraction of sp³-hybridized carbons (Fsp3) is 0.625. The van der Waals surface area contributed by atoms with Crippen molar-refractivity contribution in [3.63, 3.8) is 0 Å². The molecule has 1 heterocycles. The van der Waals surface area contributed by atoms with Gasteiger partial charge in [-0.3, -0.25) is 14.6 Å². The molecule has 33 heavy (non-hydrogen) atoms. The maximum absolute atomic E-state index is 13.1. The van der Waals surface area contributed by atoms with Crippen LogP contribution in [0.4, 0.5) is 0 Å². The van der Waals surface area contributed by atoms with Crippen LogP contribution in [0.3, 0.4) is 0 Å². The molecule has 182 valence electrons. The van der Waals surface area contributed by atoms with E-state index < -0.39 is 12.0 Å². The first-order valence-corrected chi connectivity index (χ1v) is 13.1. The summed E-state index contributed by atoms with van der Waals surface area (Å²) >= 11 is 1.59. The SMILES string of the molecule is COC(=O)C(CCSC)N(NCC(=O)N1CCCC1)C(=O)CNCc1cccc(C2CC2)c1. The third-order valence-corrected chi connectivity index (χ3v) is 6.76. The van der Waals surface area contributed by atoms with E-state index in [1.54, 1.807) is 16.7 Å². The van der Waals surface area contributed by atoms with Crippen LogP contribution in [0.1, 0.15) is 49.1 Å². The number of rotatable bonds is 13. The molecule has 1 saturated heterocycles. The molecule has 0 spiro atoms. The van der Waals surface area contributed by atoms with Crippen molar-refractivity contribution in [3.05, 3.63) is 35.4 Å². The molecular formula is C24H36N4O4S. The normalized spacial score (nSPS) is 16.5. The Labute approximate surface area is 200 Å². The highest BCUT2D eigenvalue weighted by Crippen LogP contribution is 2.40. The van der Waals surface area contributed by atoms with Gasteiger partial charge in [0.25, 0.3) is 5.91 Å². The second-order valence-electron chi connectivity index (χ2n) is 8.63. The summed E-state index contributed by atoms with van der Waals surface area (Å²) in [6.07, 6.45) is 6.88. The minimum atomic E-state index is -0.790. The number of nitrogens with one attached hydrogen (secondary N) is 2. The van der Waals surface area contributed by atoms with E-state index in [9.17, 15) is 14.4 Å². The fourth-order valence-corrected chi connectivity index (χ4v) is 4.55. The Hall–Kier alpha value is -2.10. The zero-order valence-electron chi connectivity index (χ0n) is 19.7. The highest BCUT2D eigenvalue weighted by Gasteiger charge is 2.31. The van der Waals surface area contributed by atoms with E-state index in [0.29, 0.717) is 24.6 Å². The Morgan fingerprint density at radius 2 is 1.97 bits per heavy atom. The van der Waals surface area contributed by atoms with Gasteiger partial charge in [0.1, 0.15) is 6.04 Å². The van der Waals surface area contributed by atoms with E-state index in [4.69, 9.17) is 4.74 Å². The predicted molar refractivity (Wildman–Crippen MR) is 130 cm³/mol. The van der Waals surface area contributed by atoms with E-state index in [2.05, 4.69) is 28.9 Å². The monoisotopic (exact) mass is 476 g/mol. The molecule has 0 aromatic heterocycles. The van der Waals surface area contributed by atoms with Crippen molar-refractivity contribution < 1.29 is 19.1 Å². The number of thioether (sulfide) groups is 1. The minimum absolute atomic E-state index is 0.0259. The van der Waals surface area contributed by atoms with Crippen molar-refractivity contribution in [2.24, 2.45) is 0 Å². The number of amides is 2. The highest BCUT2D eigenvalue weighted by atomic mass is 32.2. The molecule has 2 aliphatic rings. The molecule has 1 atom stereocenters. The number of likely N-dealkylation sites (tertiary alicyclic amines) is 1. The molecule has 1 aliphatic heterocycles. The molecule has 1 aromatic carbocycles. The third kappa shape index (κ3) is 7.72.